The molecule has 0 spiro atoms. The van der Waals surface area contributed by atoms with Gasteiger partial charge in [0, 0.05) is 47.8 Å². The molecule has 1 fully saturated rings. The highest BCUT2D eigenvalue weighted by atomic mass is 35.5. The summed E-state index contributed by atoms with van der Waals surface area (Å²) in [7, 11) is 0. The van der Waals surface area contributed by atoms with Gasteiger partial charge in [-0.05, 0) is 60.5 Å². The molecule has 1 aliphatic heterocycles. The van der Waals surface area contributed by atoms with Crippen molar-refractivity contribution in [2.75, 3.05) is 37.6 Å². The van der Waals surface area contributed by atoms with Crippen molar-refractivity contribution in [1.82, 2.24) is 15.5 Å². The van der Waals surface area contributed by atoms with Crippen molar-refractivity contribution in [3.63, 3.8) is 0 Å². The Labute approximate surface area is 232 Å². The number of rotatable bonds is 7. The number of benzene rings is 3. The van der Waals surface area contributed by atoms with Crippen molar-refractivity contribution < 1.29 is 4.79 Å². The Kier molecular flexibility index (Phi) is 9.26. The van der Waals surface area contributed by atoms with E-state index in [9.17, 15) is 4.79 Å². The number of nitrogens with one attached hydrogen (secondary N) is 2. The summed E-state index contributed by atoms with van der Waals surface area (Å²) in [4.78, 5) is 17.1. The van der Waals surface area contributed by atoms with Gasteiger partial charge in [0.15, 0.2) is 0 Å². The van der Waals surface area contributed by atoms with Crippen LogP contribution in [0, 0.1) is 0 Å². The number of piperazine rings is 1. The maximum absolute atomic E-state index is 12.4. The minimum absolute atomic E-state index is 0.0324. The van der Waals surface area contributed by atoms with Crippen LogP contribution in [0.5, 0.6) is 0 Å². The molecule has 0 radical (unpaired) electrons. The van der Waals surface area contributed by atoms with Crippen LogP contribution in [-0.4, -0.2) is 43.7 Å². The third-order valence-electron chi connectivity index (χ3n) is 6.29. The molecule has 5 nitrogen and oxygen atoms in total. The van der Waals surface area contributed by atoms with E-state index in [4.69, 9.17) is 46.4 Å². The highest BCUT2D eigenvalue weighted by molar-refractivity contribution is 6.36. The smallest absolute Gasteiger partial charge is 0.315 e. The van der Waals surface area contributed by atoms with E-state index < -0.39 is 0 Å². The van der Waals surface area contributed by atoms with Crippen LogP contribution in [-0.2, 0) is 0 Å². The largest absolute Gasteiger partial charge is 0.361 e. The Hall–Kier alpha value is -2.15. The van der Waals surface area contributed by atoms with Gasteiger partial charge in [0.05, 0.1) is 22.8 Å². The summed E-state index contributed by atoms with van der Waals surface area (Å²) < 4.78 is 0. The van der Waals surface area contributed by atoms with Crippen LogP contribution in [0.15, 0.2) is 66.7 Å². The van der Waals surface area contributed by atoms with E-state index in [1.165, 1.54) is 0 Å². The molecule has 1 saturated heterocycles. The van der Waals surface area contributed by atoms with Crippen LogP contribution in [0.4, 0.5) is 10.5 Å². The number of hydrogen-bond acceptors (Lipinski definition) is 3. The Bertz CT molecular complexity index is 1170. The predicted octanol–water partition coefficient (Wildman–Crippen LogP) is 7.22. The molecule has 3 aromatic carbocycles. The van der Waals surface area contributed by atoms with Gasteiger partial charge in [-0.1, -0.05) is 70.7 Å². The summed E-state index contributed by atoms with van der Waals surface area (Å²) in [5.74, 6) is 0. The average Bonchev–Trinajstić information content (AvgIpc) is 2.85. The van der Waals surface area contributed by atoms with Gasteiger partial charge in [0.2, 0.25) is 0 Å². The minimum Gasteiger partial charge on any atom is -0.361 e. The van der Waals surface area contributed by atoms with Crippen molar-refractivity contribution in [3.05, 3.63) is 97.9 Å². The lowest BCUT2D eigenvalue weighted by Crippen LogP contribution is -2.51. The van der Waals surface area contributed by atoms with Gasteiger partial charge in [0.25, 0.3) is 0 Å². The molecule has 0 aromatic heterocycles. The highest BCUT2D eigenvalue weighted by Crippen LogP contribution is 2.37. The van der Waals surface area contributed by atoms with Crippen molar-refractivity contribution in [1.29, 1.82) is 0 Å². The van der Waals surface area contributed by atoms with E-state index in [0.29, 0.717) is 33.2 Å². The molecule has 2 amide bonds. The third-order valence-corrected chi connectivity index (χ3v) is 7.34. The van der Waals surface area contributed by atoms with Crippen LogP contribution in [0.2, 0.25) is 20.1 Å². The molecule has 0 bridgehead atoms. The minimum atomic E-state index is -0.203. The molecule has 36 heavy (non-hydrogen) atoms. The maximum Gasteiger partial charge on any atom is 0.315 e. The lowest BCUT2D eigenvalue weighted by atomic mass is 9.99. The number of amides is 2. The Balaban J connectivity index is 1.60. The molecule has 1 heterocycles. The van der Waals surface area contributed by atoms with Crippen molar-refractivity contribution >= 4 is 58.1 Å². The fraction of sp³-hybridized carbons (Fsp3) is 0.296. The summed E-state index contributed by atoms with van der Waals surface area (Å²) >= 11 is 25.1. The molecular formula is C27H28Cl4N4O. The number of urea groups is 1. The fourth-order valence-corrected chi connectivity index (χ4v) is 5.30. The summed E-state index contributed by atoms with van der Waals surface area (Å²) in [5.41, 5.74) is 3.07. The molecule has 1 aliphatic rings. The van der Waals surface area contributed by atoms with Crippen molar-refractivity contribution in [3.8, 4) is 0 Å². The first-order chi connectivity index (χ1) is 17.3. The van der Waals surface area contributed by atoms with Gasteiger partial charge in [-0.2, -0.15) is 0 Å². The summed E-state index contributed by atoms with van der Waals surface area (Å²) in [6, 6.07) is 20.8. The first-order valence-corrected chi connectivity index (χ1v) is 13.3. The number of carbonyl (C=O) groups excluding carboxylic acids is 1. The second-order valence-electron chi connectivity index (χ2n) is 8.72. The van der Waals surface area contributed by atoms with Crippen LogP contribution in [0.25, 0.3) is 0 Å². The monoisotopic (exact) mass is 564 g/mol. The molecule has 3 aromatic rings. The first-order valence-electron chi connectivity index (χ1n) is 11.8. The summed E-state index contributed by atoms with van der Waals surface area (Å²) in [6.45, 7) is 5.38. The van der Waals surface area contributed by atoms with Gasteiger partial charge < -0.3 is 15.5 Å². The lowest BCUT2D eigenvalue weighted by molar-refractivity contribution is 0.196. The maximum atomic E-state index is 12.4. The van der Waals surface area contributed by atoms with Gasteiger partial charge in [-0.3, -0.25) is 4.90 Å². The molecule has 190 valence electrons. The zero-order chi connectivity index (χ0) is 25.7. The van der Waals surface area contributed by atoms with Crippen molar-refractivity contribution in [2.24, 2.45) is 0 Å². The third kappa shape index (κ3) is 6.78. The number of nitrogens with zero attached hydrogens (tertiary/aromatic N) is 2. The molecule has 9 heteroatoms. The van der Waals surface area contributed by atoms with Crippen LogP contribution in [0.3, 0.4) is 0 Å². The second kappa shape index (κ2) is 12.4. The highest BCUT2D eigenvalue weighted by Gasteiger charge is 2.31. The Morgan fingerprint density at radius 1 is 0.917 bits per heavy atom. The molecule has 2 atom stereocenters. The normalized spacial score (nSPS) is 17.0. The number of carbonyl (C=O) groups is 1. The summed E-state index contributed by atoms with van der Waals surface area (Å²) in [6.07, 6.45) is 0. The quantitative estimate of drug-likeness (QED) is 0.318. The van der Waals surface area contributed by atoms with E-state index in [0.717, 1.165) is 36.4 Å². The average molecular weight is 566 g/mol. The fourth-order valence-electron chi connectivity index (χ4n) is 4.54. The van der Waals surface area contributed by atoms with Gasteiger partial charge in [0.1, 0.15) is 0 Å². The zero-order valence-electron chi connectivity index (χ0n) is 19.9. The molecule has 4 rings (SSSR count). The molecular weight excluding hydrogens is 538 g/mol. The Morgan fingerprint density at radius 3 is 2.19 bits per heavy atom. The SMILES string of the molecule is CCNC(=O)N[C@@H](CN1CCN(c2ccc(Cl)cc2Cl)[C@H](c2ccc(Cl)cc2)C1)c1ccc(Cl)cc1. The van der Waals surface area contributed by atoms with Gasteiger partial charge >= 0.3 is 6.03 Å². The Morgan fingerprint density at radius 2 is 1.56 bits per heavy atom. The van der Waals surface area contributed by atoms with E-state index in [1.54, 1.807) is 6.07 Å². The van der Waals surface area contributed by atoms with Crippen LogP contribution in [0.1, 0.15) is 30.1 Å². The van der Waals surface area contributed by atoms with Gasteiger partial charge in [-0.15, -0.1) is 0 Å². The predicted molar refractivity (Wildman–Crippen MR) is 151 cm³/mol. The van der Waals surface area contributed by atoms with Crippen molar-refractivity contribution in [2.45, 2.75) is 19.0 Å². The lowest BCUT2D eigenvalue weighted by Gasteiger charge is -2.44. The standard InChI is InChI=1S/C27H28Cl4N4O/c1-2-32-27(36)33-24(18-3-7-20(28)8-4-18)16-34-13-14-35(25-12-11-22(30)15-23(25)31)26(17-34)19-5-9-21(29)10-6-19/h3-12,15,24,26H,2,13-14,16-17H2,1H3,(H2,32,33,36)/t24-,26-/m0/s1. The number of anilines is 1. The molecule has 0 aliphatic carbocycles. The van der Waals surface area contributed by atoms with Crippen LogP contribution >= 0.6 is 46.4 Å². The van der Waals surface area contributed by atoms with E-state index in [1.807, 2.05) is 55.5 Å². The van der Waals surface area contributed by atoms with E-state index in [2.05, 4.69) is 32.6 Å². The summed E-state index contributed by atoms with van der Waals surface area (Å²) in [5, 5.41) is 8.52. The van der Waals surface area contributed by atoms with Gasteiger partial charge in [-0.25, -0.2) is 4.79 Å². The zero-order valence-corrected chi connectivity index (χ0v) is 22.9. The number of hydrogen-bond donors (Lipinski definition) is 2. The molecule has 0 unspecified atom stereocenters. The first kappa shape index (κ1) is 26.9. The molecule has 2 N–H and O–H groups in total. The molecule has 0 saturated carbocycles. The van der Waals surface area contributed by atoms with E-state index >= 15 is 0 Å². The number of halogens is 4. The second-order valence-corrected chi connectivity index (χ2v) is 10.4. The van der Waals surface area contributed by atoms with E-state index in [-0.39, 0.29) is 18.1 Å². The topological polar surface area (TPSA) is 47.6 Å². The van der Waals surface area contributed by atoms with Crippen LogP contribution < -0.4 is 15.5 Å².